The summed E-state index contributed by atoms with van der Waals surface area (Å²) in [6.07, 6.45) is 12.5. The molecule has 0 aliphatic heterocycles. The normalized spacial score (nSPS) is 22.5. The molecule has 2 heteroatoms. The van der Waals surface area contributed by atoms with Crippen molar-refractivity contribution in [2.24, 2.45) is 0 Å². The number of hydrogen-bond acceptors (Lipinski definition) is 2. The Hall–Kier alpha value is -1.57. The molecule has 0 spiro atoms. The number of benzene rings is 1. The minimum atomic E-state index is 0.319. The van der Waals surface area contributed by atoms with Crippen LogP contribution in [0.5, 0.6) is 5.75 Å². The van der Waals surface area contributed by atoms with Gasteiger partial charge in [0.25, 0.3) is 0 Å². The molecule has 1 aromatic carbocycles. The Morgan fingerprint density at radius 1 is 1.00 bits per heavy atom. The summed E-state index contributed by atoms with van der Waals surface area (Å²) >= 11 is 0. The molecule has 0 atom stereocenters. The number of ketones is 1. The minimum Gasteiger partial charge on any atom is -0.490 e. The van der Waals surface area contributed by atoms with Crippen LogP contribution in [0.1, 0.15) is 63.4 Å². The molecule has 0 aromatic heterocycles. The van der Waals surface area contributed by atoms with Crippen LogP contribution in [0.25, 0.3) is 6.08 Å². The van der Waals surface area contributed by atoms with Crippen LogP contribution in [0.3, 0.4) is 0 Å². The summed E-state index contributed by atoms with van der Waals surface area (Å²) in [5.74, 6) is 1.26. The molecule has 112 valence electrons. The average Bonchev–Trinajstić information content (AvgIpc) is 2.51. The molecular formula is C19H24O2. The van der Waals surface area contributed by atoms with E-state index in [1.54, 1.807) is 0 Å². The molecule has 2 saturated carbocycles. The first-order valence-electron chi connectivity index (χ1n) is 8.32. The van der Waals surface area contributed by atoms with E-state index in [1.165, 1.54) is 32.1 Å². The van der Waals surface area contributed by atoms with Crippen LogP contribution < -0.4 is 4.74 Å². The summed E-state index contributed by atoms with van der Waals surface area (Å²) in [7, 11) is 0. The Labute approximate surface area is 127 Å². The summed E-state index contributed by atoms with van der Waals surface area (Å²) in [6.45, 7) is 0. The fraction of sp³-hybridized carbons (Fsp3) is 0.526. The predicted octanol–water partition coefficient (Wildman–Crippen LogP) is 4.92. The lowest BCUT2D eigenvalue weighted by Gasteiger charge is -2.23. The van der Waals surface area contributed by atoms with Gasteiger partial charge in [0.15, 0.2) is 5.78 Å². The maximum Gasteiger partial charge on any atom is 0.158 e. The zero-order chi connectivity index (χ0) is 14.5. The highest BCUT2D eigenvalue weighted by molar-refractivity contribution is 6.00. The molecule has 21 heavy (non-hydrogen) atoms. The number of rotatable bonds is 3. The lowest BCUT2D eigenvalue weighted by Crippen LogP contribution is -2.19. The van der Waals surface area contributed by atoms with Gasteiger partial charge in [-0.25, -0.2) is 0 Å². The van der Waals surface area contributed by atoms with Crippen molar-refractivity contribution in [2.75, 3.05) is 0 Å². The van der Waals surface area contributed by atoms with Crippen molar-refractivity contribution in [3.05, 3.63) is 35.4 Å². The van der Waals surface area contributed by atoms with E-state index in [0.29, 0.717) is 18.3 Å². The summed E-state index contributed by atoms with van der Waals surface area (Å²) in [4.78, 5) is 11.9. The highest BCUT2D eigenvalue weighted by atomic mass is 16.5. The first kappa shape index (κ1) is 14.4. The van der Waals surface area contributed by atoms with Gasteiger partial charge in [0.05, 0.1) is 6.10 Å². The van der Waals surface area contributed by atoms with Gasteiger partial charge in [-0.3, -0.25) is 4.79 Å². The maximum absolute atomic E-state index is 11.9. The van der Waals surface area contributed by atoms with Crippen molar-refractivity contribution in [2.45, 2.75) is 63.9 Å². The quantitative estimate of drug-likeness (QED) is 0.736. The minimum absolute atomic E-state index is 0.319. The Morgan fingerprint density at radius 3 is 2.62 bits per heavy atom. The third-order valence-corrected chi connectivity index (χ3v) is 4.51. The molecule has 2 fully saturated rings. The largest absolute Gasteiger partial charge is 0.490 e. The average molecular weight is 284 g/mol. The van der Waals surface area contributed by atoms with E-state index < -0.39 is 0 Å². The second-order valence-corrected chi connectivity index (χ2v) is 6.25. The second-order valence-electron chi connectivity index (χ2n) is 6.25. The zero-order valence-electron chi connectivity index (χ0n) is 12.6. The number of hydrogen-bond donors (Lipinski definition) is 0. The van der Waals surface area contributed by atoms with Crippen molar-refractivity contribution in [1.29, 1.82) is 0 Å². The zero-order valence-corrected chi connectivity index (χ0v) is 12.6. The van der Waals surface area contributed by atoms with Gasteiger partial charge in [0, 0.05) is 6.42 Å². The van der Waals surface area contributed by atoms with Gasteiger partial charge in [-0.1, -0.05) is 18.6 Å². The van der Waals surface area contributed by atoms with Gasteiger partial charge < -0.3 is 4.74 Å². The number of Topliss-reactive ketones (excluding diaryl/α,β-unsaturated/α-hetero) is 1. The van der Waals surface area contributed by atoms with Gasteiger partial charge in [0.1, 0.15) is 5.75 Å². The Balaban J connectivity index is 1.70. The molecule has 1 aromatic rings. The molecule has 0 radical (unpaired) electrons. The molecule has 0 saturated heterocycles. The van der Waals surface area contributed by atoms with Gasteiger partial charge in [-0.2, -0.15) is 0 Å². The Morgan fingerprint density at radius 2 is 1.81 bits per heavy atom. The van der Waals surface area contributed by atoms with Crippen molar-refractivity contribution in [3.8, 4) is 5.75 Å². The van der Waals surface area contributed by atoms with E-state index in [2.05, 4.69) is 18.2 Å². The van der Waals surface area contributed by atoms with Gasteiger partial charge in [0.2, 0.25) is 0 Å². The Bertz CT molecular complexity index is 524. The first-order chi connectivity index (χ1) is 10.3. The molecule has 3 rings (SSSR count). The lowest BCUT2D eigenvalue weighted by molar-refractivity contribution is -0.116. The van der Waals surface area contributed by atoms with Crippen molar-refractivity contribution in [3.63, 3.8) is 0 Å². The van der Waals surface area contributed by atoms with Crippen LogP contribution in [0.2, 0.25) is 0 Å². The van der Waals surface area contributed by atoms with Crippen molar-refractivity contribution in [1.82, 2.24) is 0 Å². The Kier molecular flexibility index (Phi) is 4.74. The van der Waals surface area contributed by atoms with E-state index in [9.17, 15) is 4.79 Å². The first-order valence-corrected chi connectivity index (χ1v) is 8.32. The molecule has 0 amide bonds. The van der Waals surface area contributed by atoms with E-state index in [1.807, 2.05) is 12.1 Å². The maximum atomic E-state index is 11.9. The molecule has 2 nitrogen and oxygen atoms in total. The van der Waals surface area contributed by atoms with Gasteiger partial charge in [-0.05, 0) is 74.3 Å². The van der Waals surface area contributed by atoms with Crippen LogP contribution in [-0.4, -0.2) is 11.9 Å². The number of carbonyl (C=O) groups excluding carboxylic acids is 1. The molecule has 0 N–H and O–H groups in total. The molecule has 0 unspecified atom stereocenters. The van der Waals surface area contributed by atoms with Crippen LogP contribution >= 0.6 is 0 Å². The van der Waals surface area contributed by atoms with E-state index in [-0.39, 0.29) is 0 Å². The van der Waals surface area contributed by atoms with Crippen molar-refractivity contribution < 1.29 is 9.53 Å². The van der Waals surface area contributed by atoms with Crippen LogP contribution in [0.15, 0.2) is 29.8 Å². The van der Waals surface area contributed by atoms with Gasteiger partial charge >= 0.3 is 0 Å². The van der Waals surface area contributed by atoms with Crippen molar-refractivity contribution >= 4 is 11.9 Å². The van der Waals surface area contributed by atoms with E-state index in [4.69, 9.17) is 4.74 Å². The van der Waals surface area contributed by atoms with Gasteiger partial charge in [-0.15, -0.1) is 0 Å². The molecule has 2 aliphatic carbocycles. The number of allylic oxidation sites excluding steroid dienone is 1. The number of carbonyl (C=O) groups is 1. The standard InChI is InChI=1S/C19H24O2/c20-19-12-5-4-8-16(19)13-15-7-6-11-18(14-15)21-17-9-2-1-3-10-17/h6-7,11,13-14,17H,1-5,8-10,12H2. The molecule has 0 bridgehead atoms. The second kappa shape index (κ2) is 6.93. The summed E-state index contributed by atoms with van der Waals surface area (Å²) in [5, 5.41) is 0. The van der Waals surface area contributed by atoms with E-state index >= 15 is 0 Å². The van der Waals surface area contributed by atoms with Crippen LogP contribution in [-0.2, 0) is 4.79 Å². The third-order valence-electron chi connectivity index (χ3n) is 4.51. The molecule has 2 aliphatic rings. The predicted molar refractivity (Wildman–Crippen MR) is 85.4 cm³/mol. The summed E-state index contributed by atoms with van der Waals surface area (Å²) < 4.78 is 6.10. The number of ether oxygens (including phenoxy) is 1. The fourth-order valence-electron chi connectivity index (χ4n) is 3.31. The van der Waals surface area contributed by atoms with E-state index in [0.717, 1.165) is 36.1 Å². The van der Waals surface area contributed by atoms with Crippen LogP contribution in [0.4, 0.5) is 0 Å². The summed E-state index contributed by atoms with van der Waals surface area (Å²) in [6, 6.07) is 8.18. The lowest BCUT2D eigenvalue weighted by atomic mass is 9.92. The SMILES string of the molecule is O=C1CCCCC1=Cc1cccc(OC2CCCCC2)c1. The van der Waals surface area contributed by atoms with Crippen LogP contribution in [0, 0.1) is 0 Å². The fourth-order valence-corrected chi connectivity index (χ4v) is 3.31. The molecular weight excluding hydrogens is 260 g/mol. The monoisotopic (exact) mass is 284 g/mol. The molecule has 0 heterocycles. The third kappa shape index (κ3) is 3.96. The summed E-state index contributed by atoms with van der Waals surface area (Å²) in [5.41, 5.74) is 2.07. The highest BCUT2D eigenvalue weighted by Crippen LogP contribution is 2.26. The topological polar surface area (TPSA) is 26.3 Å². The highest BCUT2D eigenvalue weighted by Gasteiger charge is 2.16. The smallest absolute Gasteiger partial charge is 0.158 e.